The Morgan fingerprint density at radius 1 is 1.47 bits per heavy atom. The first kappa shape index (κ1) is 12.2. The van der Waals surface area contributed by atoms with Gasteiger partial charge in [-0.3, -0.25) is 4.79 Å². The van der Waals surface area contributed by atoms with Crippen molar-refractivity contribution < 1.29 is 9.18 Å². The van der Waals surface area contributed by atoms with Gasteiger partial charge in [0, 0.05) is 5.56 Å². The van der Waals surface area contributed by atoms with E-state index in [2.05, 4.69) is 6.92 Å². The Morgan fingerprint density at radius 2 is 2.20 bits per heavy atom. The maximum Gasteiger partial charge on any atom is 0.172 e. The number of thioether (sulfide) groups is 1. The molecular weight excluding hydrogens is 211 g/mol. The van der Waals surface area contributed by atoms with E-state index >= 15 is 0 Å². The Labute approximate surface area is 94.1 Å². The number of benzene rings is 1. The molecule has 1 aromatic rings. The maximum absolute atomic E-state index is 13.2. The second kappa shape index (κ2) is 5.91. The monoisotopic (exact) mass is 226 g/mol. The molecule has 0 bridgehead atoms. The minimum absolute atomic E-state index is 0.00681. The van der Waals surface area contributed by atoms with E-state index in [0.29, 0.717) is 16.9 Å². The maximum atomic E-state index is 13.2. The fourth-order valence-corrected chi connectivity index (χ4v) is 1.94. The van der Waals surface area contributed by atoms with Crippen molar-refractivity contribution >= 4 is 17.5 Å². The highest BCUT2D eigenvalue weighted by molar-refractivity contribution is 7.99. The Bertz CT molecular complexity index is 349. The van der Waals surface area contributed by atoms with E-state index in [9.17, 15) is 9.18 Å². The molecule has 3 heteroatoms. The molecule has 0 saturated carbocycles. The highest BCUT2D eigenvalue weighted by atomic mass is 32.2. The van der Waals surface area contributed by atoms with Crippen molar-refractivity contribution in [1.29, 1.82) is 0 Å². The number of Topliss-reactive ketones (excluding diaryl/α,β-unsaturated/α-hetero) is 1. The van der Waals surface area contributed by atoms with Gasteiger partial charge in [-0.2, -0.15) is 11.8 Å². The Hall–Kier alpha value is -0.830. The highest BCUT2D eigenvalue weighted by Crippen LogP contribution is 2.12. The molecule has 0 aliphatic carbocycles. The van der Waals surface area contributed by atoms with Gasteiger partial charge in [-0.05, 0) is 30.7 Å². The molecule has 1 aromatic carbocycles. The van der Waals surface area contributed by atoms with E-state index in [0.717, 1.165) is 12.2 Å². The number of halogens is 1. The molecule has 0 N–H and O–H groups in total. The molecular formula is C12H15FOS. The van der Waals surface area contributed by atoms with Gasteiger partial charge in [-0.1, -0.05) is 19.1 Å². The van der Waals surface area contributed by atoms with E-state index in [1.54, 1.807) is 30.8 Å². The smallest absolute Gasteiger partial charge is 0.172 e. The summed E-state index contributed by atoms with van der Waals surface area (Å²) in [7, 11) is 0. The molecule has 0 unspecified atom stereocenters. The van der Waals surface area contributed by atoms with Crippen LogP contribution in [0.4, 0.5) is 4.39 Å². The van der Waals surface area contributed by atoms with E-state index in [1.165, 1.54) is 6.07 Å². The van der Waals surface area contributed by atoms with Crippen LogP contribution in [0.5, 0.6) is 0 Å². The molecule has 0 heterocycles. The topological polar surface area (TPSA) is 17.1 Å². The summed E-state index contributed by atoms with van der Waals surface area (Å²) in [5, 5.41) is 0. The third kappa shape index (κ3) is 3.67. The van der Waals surface area contributed by atoms with Crippen molar-refractivity contribution in [2.24, 2.45) is 0 Å². The van der Waals surface area contributed by atoms with Gasteiger partial charge >= 0.3 is 0 Å². The number of rotatable bonds is 5. The lowest BCUT2D eigenvalue weighted by Crippen LogP contribution is -2.03. The van der Waals surface area contributed by atoms with Crippen LogP contribution in [-0.4, -0.2) is 17.3 Å². The summed E-state index contributed by atoms with van der Waals surface area (Å²) in [5.41, 5.74) is 1.05. The fraction of sp³-hybridized carbons (Fsp3) is 0.417. The highest BCUT2D eigenvalue weighted by Gasteiger charge is 2.07. The van der Waals surface area contributed by atoms with Crippen molar-refractivity contribution in [2.75, 3.05) is 11.5 Å². The van der Waals surface area contributed by atoms with Crippen LogP contribution in [-0.2, 0) is 0 Å². The van der Waals surface area contributed by atoms with Gasteiger partial charge < -0.3 is 0 Å². The van der Waals surface area contributed by atoms with Crippen molar-refractivity contribution in [1.82, 2.24) is 0 Å². The van der Waals surface area contributed by atoms with Gasteiger partial charge in [0.25, 0.3) is 0 Å². The third-order valence-corrected chi connectivity index (χ3v) is 3.24. The van der Waals surface area contributed by atoms with Crippen molar-refractivity contribution in [2.45, 2.75) is 20.3 Å². The second-order valence-electron chi connectivity index (χ2n) is 3.44. The predicted molar refractivity (Wildman–Crippen MR) is 63.1 cm³/mol. The predicted octanol–water partition coefficient (Wildman–Crippen LogP) is 3.46. The molecule has 1 nitrogen and oxygen atoms in total. The van der Waals surface area contributed by atoms with Crippen LogP contribution in [0.25, 0.3) is 0 Å². The van der Waals surface area contributed by atoms with Crippen molar-refractivity contribution in [3.8, 4) is 0 Å². The molecule has 82 valence electrons. The van der Waals surface area contributed by atoms with E-state index in [-0.39, 0.29) is 11.6 Å². The number of hydrogen-bond acceptors (Lipinski definition) is 2. The fourth-order valence-electron chi connectivity index (χ4n) is 1.16. The van der Waals surface area contributed by atoms with Crippen LogP contribution < -0.4 is 0 Å². The van der Waals surface area contributed by atoms with Crippen LogP contribution in [0, 0.1) is 12.7 Å². The summed E-state index contributed by atoms with van der Waals surface area (Å²) in [6.07, 6.45) is 1.06. The Kier molecular flexibility index (Phi) is 4.82. The number of carbonyl (C=O) groups is 1. The lowest BCUT2D eigenvalue weighted by molar-refractivity contribution is 0.102. The molecule has 0 fully saturated rings. The molecule has 15 heavy (non-hydrogen) atoms. The number of aryl methyl sites for hydroxylation is 1. The molecule has 0 aromatic heterocycles. The van der Waals surface area contributed by atoms with E-state index < -0.39 is 0 Å². The average molecular weight is 226 g/mol. The zero-order valence-electron chi connectivity index (χ0n) is 9.05. The average Bonchev–Trinajstić information content (AvgIpc) is 2.22. The van der Waals surface area contributed by atoms with Crippen LogP contribution in [0.1, 0.15) is 29.3 Å². The molecule has 0 saturated heterocycles. The van der Waals surface area contributed by atoms with Gasteiger partial charge in [0.15, 0.2) is 5.78 Å². The van der Waals surface area contributed by atoms with Crippen LogP contribution in [0.2, 0.25) is 0 Å². The number of ketones is 1. The van der Waals surface area contributed by atoms with E-state index in [4.69, 9.17) is 0 Å². The first-order valence-corrected chi connectivity index (χ1v) is 6.17. The molecule has 0 aliphatic rings. The Morgan fingerprint density at radius 3 is 2.80 bits per heavy atom. The van der Waals surface area contributed by atoms with Crippen molar-refractivity contribution in [3.63, 3.8) is 0 Å². The minimum atomic E-state index is -0.304. The standard InChI is InChI=1S/C12H15FOS/c1-3-6-15-8-12(14)10-5-4-9(2)11(13)7-10/h4-5,7H,3,6,8H2,1-2H3. The van der Waals surface area contributed by atoms with Crippen molar-refractivity contribution in [3.05, 3.63) is 35.1 Å². The summed E-state index contributed by atoms with van der Waals surface area (Å²) in [6, 6.07) is 4.66. The van der Waals surface area contributed by atoms with Crippen LogP contribution in [0.3, 0.4) is 0 Å². The second-order valence-corrected chi connectivity index (χ2v) is 4.54. The van der Waals surface area contributed by atoms with Gasteiger partial charge in [-0.15, -0.1) is 0 Å². The normalized spacial score (nSPS) is 10.3. The lowest BCUT2D eigenvalue weighted by Gasteiger charge is -2.02. The molecule has 0 radical (unpaired) electrons. The van der Waals surface area contributed by atoms with Gasteiger partial charge in [-0.25, -0.2) is 4.39 Å². The SMILES string of the molecule is CCCSCC(=O)c1ccc(C)c(F)c1. The Balaban J connectivity index is 2.62. The summed E-state index contributed by atoms with van der Waals surface area (Å²) in [4.78, 5) is 11.6. The van der Waals surface area contributed by atoms with Gasteiger partial charge in [0.05, 0.1) is 5.75 Å². The summed E-state index contributed by atoms with van der Waals surface area (Å²) >= 11 is 1.59. The quantitative estimate of drug-likeness (QED) is 0.565. The molecule has 0 amide bonds. The van der Waals surface area contributed by atoms with Crippen LogP contribution >= 0.6 is 11.8 Å². The molecule has 0 spiro atoms. The zero-order valence-corrected chi connectivity index (χ0v) is 9.86. The number of carbonyl (C=O) groups excluding carboxylic acids is 1. The minimum Gasteiger partial charge on any atom is -0.293 e. The molecule has 0 aliphatic heterocycles. The first-order valence-electron chi connectivity index (χ1n) is 5.02. The zero-order chi connectivity index (χ0) is 11.3. The summed E-state index contributed by atoms with van der Waals surface area (Å²) in [5.74, 6) is 1.12. The first-order chi connectivity index (χ1) is 7.15. The molecule has 1 rings (SSSR count). The van der Waals surface area contributed by atoms with E-state index in [1.807, 2.05) is 0 Å². The summed E-state index contributed by atoms with van der Waals surface area (Å²) < 4.78 is 13.2. The molecule has 0 atom stereocenters. The van der Waals surface area contributed by atoms with Gasteiger partial charge in [0.1, 0.15) is 5.82 Å². The van der Waals surface area contributed by atoms with Gasteiger partial charge in [0.2, 0.25) is 0 Å². The lowest BCUT2D eigenvalue weighted by atomic mass is 10.1. The number of hydrogen-bond donors (Lipinski definition) is 0. The largest absolute Gasteiger partial charge is 0.293 e. The summed E-state index contributed by atoms with van der Waals surface area (Å²) in [6.45, 7) is 3.76. The third-order valence-electron chi connectivity index (χ3n) is 2.08. The van der Waals surface area contributed by atoms with Crippen LogP contribution in [0.15, 0.2) is 18.2 Å².